The Kier molecular flexibility index (Phi) is 7.43. The number of anilines is 1. The molecule has 7 nitrogen and oxygen atoms in total. The number of halogens is 2. The minimum absolute atomic E-state index is 0.0667. The Bertz CT molecular complexity index is 1280. The van der Waals surface area contributed by atoms with E-state index < -0.39 is 15.7 Å². The normalized spacial score (nSPS) is 23.5. The van der Waals surface area contributed by atoms with Crippen molar-refractivity contribution in [3.05, 3.63) is 42.5 Å². The molecule has 196 valence electrons. The molecule has 0 radical (unpaired) electrons. The molecule has 0 amide bonds. The number of fused-ring (bicyclic) bond motifs is 2. The topological polar surface area (TPSA) is 84.3 Å². The van der Waals surface area contributed by atoms with Crippen LogP contribution in [0.1, 0.15) is 32.1 Å². The van der Waals surface area contributed by atoms with Gasteiger partial charge in [-0.2, -0.15) is 9.37 Å². The zero-order valence-electron chi connectivity index (χ0n) is 20.0. The maximum absolute atomic E-state index is 15.2. The van der Waals surface area contributed by atoms with Crippen LogP contribution < -0.4 is 9.64 Å². The zero-order valence-corrected chi connectivity index (χ0v) is 22.7. The summed E-state index contributed by atoms with van der Waals surface area (Å²) < 4.78 is 33.1. The second kappa shape index (κ2) is 10.5. The number of phenolic OH excluding ortho intramolecular Hbond substituents is 1. The zero-order chi connectivity index (χ0) is 26.3. The average molecular weight is 564 g/mol. The number of nitrogens with zero attached hydrogens (tertiary/aromatic N) is 5. The SMILES string of the molecule is CN(c1cnc(-c2ccc(-c3cc(F)nc(OC(S)(S)S)c3)cc2O)nn1)[C@H]1C[C@@H]2CCC[C@@H](C2)[C@H]1F. The van der Waals surface area contributed by atoms with E-state index >= 15 is 4.39 Å². The molecule has 0 saturated heterocycles. The van der Waals surface area contributed by atoms with Gasteiger partial charge in [0.2, 0.25) is 15.4 Å². The van der Waals surface area contributed by atoms with E-state index in [0.29, 0.717) is 28.4 Å². The molecule has 2 bridgehead atoms. The number of ether oxygens (including phenoxy) is 1. The van der Waals surface area contributed by atoms with Crippen molar-refractivity contribution in [2.24, 2.45) is 11.8 Å². The number of phenols is 1. The van der Waals surface area contributed by atoms with Crippen molar-refractivity contribution in [3.8, 4) is 34.1 Å². The number of pyridine rings is 1. The number of aromatic nitrogens is 4. The summed E-state index contributed by atoms with van der Waals surface area (Å²) in [6, 6.07) is 7.20. The lowest BCUT2D eigenvalue weighted by Gasteiger charge is -2.45. The molecule has 4 atom stereocenters. The smallest absolute Gasteiger partial charge is 0.242 e. The summed E-state index contributed by atoms with van der Waals surface area (Å²) >= 11 is 12.1. The molecule has 2 fully saturated rings. The minimum atomic E-state index is -1.45. The van der Waals surface area contributed by atoms with Crippen molar-refractivity contribution in [2.45, 2.75) is 47.9 Å². The molecule has 2 saturated carbocycles. The van der Waals surface area contributed by atoms with Crippen molar-refractivity contribution in [1.82, 2.24) is 20.2 Å². The third-order valence-electron chi connectivity index (χ3n) is 7.21. The number of thiol groups is 3. The van der Waals surface area contributed by atoms with Gasteiger partial charge < -0.3 is 14.7 Å². The highest BCUT2D eigenvalue weighted by molar-refractivity contribution is 8.16. The van der Waals surface area contributed by atoms with E-state index in [1.54, 1.807) is 18.3 Å². The van der Waals surface area contributed by atoms with Crippen LogP contribution in [0.2, 0.25) is 0 Å². The van der Waals surface area contributed by atoms with E-state index in [-0.39, 0.29) is 29.4 Å². The minimum Gasteiger partial charge on any atom is -0.507 e. The van der Waals surface area contributed by atoms with Gasteiger partial charge in [0.25, 0.3) is 0 Å². The Morgan fingerprint density at radius 3 is 2.59 bits per heavy atom. The molecule has 0 spiro atoms. The first-order chi connectivity index (χ1) is 17.6. The summed E-state index contributed by atoms with van der Waals surface area (Å²) in [6.45, 7) is 0. The molecular weight excluding hydrogens is 537 g/mol. The van der Waals surface area contributed by atoms with Gasteiger partial charge in [-0.1, -0.05) is 18.9 Å². The predicted molar refractivity (Wildman–Crippen MR) is 148 cm³/mol. The van der Waals surface area contributed by atoms with E-state index in [1.807, 2.05) is 11.9 Å². The summed E-state index contributed by atoms with van der Waals surface area (Å²) in [4.78, 5) is 9.88. The maximum Gasteiger partial charge on any atom is 0.242 e. The lowest BCUT2D eigenvalue weighted by Crippen LogP contribution is -2.49. The Balaban J connectivity index is 1.35. The van der Waals surface area contributed by atoms with Gasteiger partial charge in [0.15, 0.2) is 11.6 Å². The molecule has 3 aromatic rings. The molecule has 37 heavy (non-hydrogen) atoms. The van der Waals surface area contributed by atoms with Crippen molar-refractivity contribution in [2.75, 3.05) is 11.9 Å². The molecule has 12 heteroatoms. The van der Waals surface area contributed by atoms with E-state index in [2.05, 4.69) is 58.1 Å². The monoisotopic (exact) mass is 563 g/mol. The van der Waals surface area contributed by atoms with Gasteiger partial charge in [0.05, 0.1) is 17.8 Å². The highest BCUT2D eigenvalue weighted by atomic mass is 32.2. The Labute approximate surface area is 230 Å². The summed E-state index contributed by atoms with van der Waals surface area (Å²) in [6.07, 6.45) is 5.65. The number of benzene rings is 1. The Morgan fingerprint density at radius 2 is 1.89 bits per heavy atom. The van der Waals surface area contributed by atoms with Crippen LogP contribution in [0.3, 0.4) is 0 Å². The molecule has 5 rings (SSSR count). The average Bonchev–Trinajstić information content (AvgIpc) is 2.85. The van der Waals surface area contributed by atoms with Crippen LogP contribution in [0.4, 0.5) is 14.6 Å². The molecule has 2 heterocycles. The summed E-state index contributed by atoms with van der Waals surface area (Å²) in [5.41, 5.74) is 1.28. The maximum atomic E-state index is 15.2. The quantitative estimate of drug-likeness (QED) is 0.177. The number of alkyl halides is 1. The molecular formula is C25H27F2N5O2S3. The van der Waals surface area contributed by atoms with Crippen LogP contribution in [0, 0.1) is 17.8 Å². The van der Waals surface area contributed by atoms with E-state index in [9.17, 15) is 9.50 Å². The lowest BCUT2D eigenvalue weighted by atomic mass is 9.69. The molecule has 1 N–H and O–H groups in total. The van der Waals surface area contributed by atoms with Crippen molar-refractivity contribution >= 4 is 43.7 Å². The summed E-state index contributed by atoms with van der Waals surface area (Å²) in [5, 5.41) is 19.2. The second-order valence-electron chi connectivity index (χ2n) is 9.72. The first-order valence-corrected chi connectivity index (χ1v) is 13.4. The fourth-order valence-corrected chi connectivity index (χ4v) is 5.73. The largest absolute Gasteiger partial charge is 0.507 e. The fourth-order valence-electron chi connectivity index (χ4n) is 5.45. The van der Waals surface area contributed by atoms with Gasteiger partial charge in [-0.25, -0.2) is 9.37 Å². The highest BCUT2D eigenvalue weighted by Gasteiger charge is 2.42. The number of hydrogen-bond acceptors (Lipinski definition) is 10. The van der Waals surface area contributed by atoms with Gasteiger partial charge in [0, 0.05) is 19.2 Å². The highest BCUT2D eigenvalue weighted by Crippen LogP contribution is 2.43. The lowest BCUT2D eigenvalue weighted by molar-refractivity contribution is 0.0656. The van der Waals surface area contributed by atoms with Crippen LogP contribution in [-0.4, -0.2) is 48.1 Å². The molecule has 1 aromatic carbocycles. The van der Waals surface area contributed by atoms with E-state index in [1.165, 1.54) is 18.2 Å². The van der Waals surface area contributed by atoms with Gasteiger partial charge in [0.1, 0.15) is 11.9 Å². The predicted octanol–water partition coefficient (Wildman–Crippen LogP) is 5.58. The Hall–Kier alpha value is -2.31. The van der Waals surface area contributed by atoms with Gasteiger partial charge >= 0.3 is 0 Å². The van der Waals surface area contributed by atoms with Crippen LogP contribution in [0.15, 0.2) is 36.5 Å². The number of rotatable bonds is 6. The summed E-state index contributed by atoms with van der Waals surface area (Å²) in [7, 11) is 1.83. The summed E-state index contributed by atoms with van der Waals surface area (Å²) in [5.74, 6) is 0.415. The second-order valence-corrected chi connectivity index (χ2v) is 12.7. The van der Waals surface area contributed by atoms with Crippen LogP contribution in [0.5, 0.6) is 11.6 Å². The standard InChI is InChI=1S/C25H27F2N5O2S3/c1-32(18-8-13-3-2-4-15(7-13)23(18)27)21-12-28-24(31-30-21)17-6-5-14(9-19(17)33)16-10-20(26)29-22(11-16)34-25(35,36)37/h5-6,9-13,15,18,23,33,35-37H,2-4,7-8H2,1H3/t13-,15+,18+,23-/m1/s1. The van der Waals surface area contributed by atoms with E-state index in [4.69, 9.17) is 4.74 Å². The molecule has 2 aromatic heterocycles. The van der Waals surface area contributed by atoms with Crippen molar-refractivity contribution in [3.63, 3.8) is 0 Å². The third-order valence-corrected chi connectivity index (χ3v) is 7.48. The molecule has 2 aliphatic carbocycles. The van der Waals surface area contributed by atoms with Crippen LogP contribution >= 0.6 is 37.9 Å². The first-order valence-electron chi connectivity index (χ1n) is 12.0. The van der Waals surface area contributed by atoms with Crippen molar-refractivity contribution < 1.29 is 18.6 Å². The van der Waals surface area contributed by atoms with Crippen molar-refractivity contribution in [1.29, 1.82) is 0 Å². The van der Waals surface area contributed by atoms with Crippen LogP contribution in [0.25, 0.3) is 22.5 Å². The third kappa shape index (κ3) is 5.91. The Morgan fingerprint density at radius 1 is 1.08 bits per heavy atom. The molecule has 2 aliphatic rings. The van der Waals surface area contributed by atoms with Gasteiger partial charge in [-0.3, -0.25) is 0 Å². The van der Waals surface area contributed by atoms with Gasteiger partial charge in [-0.15, -0.1) is 48.1 Å². The number of aromatic hydroxyl groups is 1. The molecule has 0 aliphatic heterocycles. The molecule has 0 unspecified atom stereocenters. The van der Waals surface area contributed by atoms with E-state index in [0.717, 1.165) is 32.1 Å². The number of hydrogen-bond donors (Lipinski definition) is 4. The first kappa shape index (κ1) is 26.3. The fraction of sp³-hybridized carbons (Fsp3) is 0.440. The van der Waals surface area contributed by atoms with Gasteiger partial charge in [-0.05, 0) is 54.4 Å². The van der Waals surface area contributed by atoms with Crippen LogP contribution in [-0.2, 0) is 0 Å².